The van der Waals surface area contributed by atoms with Crippen LogP contribution in [-0.4, -0.2) is 33.6 Å². The van der Waals surface area contributed by atoms with Crippen molar-refractivity contribution >= 4 is 21.1 Å². The molecular formula is C16H23N3O4S. The van der Waals surface area contributed by atoms with Gasteiger partial charge in [-0.3, -0.25) is 4.79 Å². The molecule has 8 heteroatoms. The molecule has 0 bridgehead atoms. The second-order valence-electron chi connectivity index (χ2n) is 5.54. The molecule has 2 rings (SSSR count). The molecule has 24 heavy (non-hydrogen) atoms. The molecule has 1 aromatic heterocycles. The van der Waals surface area contributed by atoms with Gasteiger partial charge in [0.2, 0.25) is 0 Å². The summed E-state index contributed by atoms with van der Waals surface area (Å²) in [5.74, 6) is 0.601. The monoisotopic (exact) mass is 353 g/mol. The number of benzene rings is 1. The Morgan fingerprint density at radius 1 is 1.21 bits per heavy atom. The molecule has 2 aromatic rings. The average molecular weight is 353 g/mol. The number of hydrogen-bond donors (Lipinski definition) is 3. The van der Waals surface area contributed by atoms with Gasteiger partial charge in [-0.1, -0.05) is 13.0 Å². The van der Waals surface area contributed by atoms with Crippen LogP contribution in [0.2, 0.25) is 0 Å². The number of ether oxygens (including phenoxy) is 1. The highest BCUT2D eigenvalue weighted by Gasteiger charge is 2.11. The Morgan fingerprint density at radius 2 is 1.92 bits per heavy atom. The van der Waals surface area contributed by atoms with Crippen molar-refractivity contribution in [3.05, 3.63) is 39.7 Å². The third kappa shape index (κ3) is 4.34. The second-order valence-corrected chi connectivity index (χ2v) is 7.12. The predicted octanol–water partition coefficient (Wildman–Crippen LogP) is 1.22. The van der Waals surface area contributed by atoms with Crippen LogP contribution < -0.4 is 19.7 Å². The Morgan fingerprint density at radius 3 is 2.58 bits per heavy atom. The molecular weight excluding hydrogens is 330 g/mol. The fourth-order valence-corrected chi connectivity index (χ4v) is 3.36. The van der Waals surface area contributed by atoms with Crippen molar-refractivity contribution < 1.29 is 13.2 Å². The number of rotatable bonds is 8. The quantitative estimate of drug-likeness (QED) is 0.664. The lowest BCUT2D eigenvalue weighted by Gasteiger charge is -2.10. The number of H-pyrrole nitrogens is 1. The minimum Gasteiger partial charge on any atom is -0.495 e. The number of aryl methyl sites for hydroxylation is 1. The maximum atomic E-state index is 12.2. The number of aromatic nitrogens is 1. The van der Waals surface area contributed by atoms with Crippen LogP contribution in [-0.2, 0) is 16.6 Å². The largest absolute Gasteiger partial charge is 0.495 e. The highest BCUT2D eigenvalue weighted by atomic mass is 32.2. The van der Waals surface area contributed by atoms with E-state index in [4.69, 9.17) is 4.74 Å². The molecule has 0 amide bonds. The highest BCUT2D eigenvalue weighted by molar-refractivity contribution is 7.87. The average Bonchev–Trinajstić information content (AvgIpc) is 2.54. The van der Waals surface area contributed by atoms with Crippen LogP contribution in [0, 0.1) is 6.92 Å². The van der Waals surface area contributed by atoms with Crippen molar-refractivity contribution in [2.24, 2.45) is 0 Å². The van der Waals surface area contributed by atoms with Crippen LogP contribution in [0.15, 0.2) is 23.0 Å². The molecule has 0 aliphatic carbocycles. The Labute approximate surface area is 141 Å². The van der Waals surface area contributed by atoms with Crippen molar-refractivity contribution in [2.75, 3.05) is 20.2 Å². The molecule has 0 radical (unpaired) electrons. The third-order valence-electron chi connectivity index (χ3n) is 3.72. The van der Waals surface area contributed by atoms with Gasteiger partial charge in [-0.05, 0) is 37.5 Å². The van der Waals surface area contributed by atoms with E-state index in [1.54, 1.807) is 19.2 Å². The first kappa shape index (κ1) is 18.4. The van der Waals surface area contributed by atoms with Crippen molar-refractivity contribution in [3.63, 3.8) is 0 Å². The number of methoxy groups -OCH3 is 1. The van der Waals surface area contributed by atoms with Crippen LogP contribution >= 0.6 is 0 Å². The van der Waals surface area contributed by atoms with E-state index in [1.807, 2.05) is 19.9 Å². The molecule has 0 unspecified atom stereocenters. The summed E-state index contributed by atoms with van der Waals surface area (Å²) >= 11 is 0. The highest BCUT2D eigenvalue weighted by Crippen LogP contribution is 2.25. The van der Waals surface area contributed by atoms with Crippen LogP contribution in [0.4, 0.5) is 0 Å². The van der Waals surface area contributed by atoms with Crippen LogP contribution in [0.1, 0.15) is 24.5 Å². The zero-order chi connectivity index (χ0) is 17.7. The second kappa shape index (κ2) is 7.78. The molecule has 0 saturated carbocycles. The lowest BCUT2D eigenvalue weighted by atomic mass is 10.1. The summed E-state index contributed by atoms with van der Waals surface area (Å²) in [5.41, 5.74) is 1.94. The van der Waals surface area contributed by atoms with Crippen molar-refractivity contribution in [1.29, 1.82) is 0 Å². The number of aromatic amines is 1. The SMILES string of the molecule is CCCNS(=O)(=O)NCCc1cc2c(C)ccc(OC)c2[nH]c1=O. The van der Waals surface area contributed by atoms with Gasteiger partial charge >= 0.3 is 0 Å². The third-order valence-corrected chi connectivity index (χ3v) is 4.89. The molecule has 0 fully saturated rings. The first-order valence-electron chi connectivity index (χ1n) is 7.81. The summed E-state index contributed by atoms with van der Waals surface area (Å²) in [5, 5.41) is 0.885. The molecule has 0 atom stereocenters. The molecule has 0 aliphatic rings. The van der Waals surface area contributed by atoms with Gasteiger partial charge in [0.15, 0.2) is 0 Å². The van der Waals surface area contributed by atoms with E-state index in [9.17, 15) is 13.2 Å². The molecule has 0 spiro atoms. The lowest BCUT2D eigenvalue weighted by Crippen LogP contribution is -2.38. The van der Waals surface area contributed by atoms with E-state index < -0.39 is 10.2 Å². The fourth-order valence-electron chi connectivity index (χ4n) is 2.42. The standard InChI is InChI=1S/C16H23N3O4S/c1-4-8-17-24(21,22)18-9-7-12-10-13-11(2)5-6-14(23-3)15(13)19-16(12)20/h5-6,10,17-18H,4,7-9H2,1-3H3,(H,19,20). The van der Waals surface area contributed by atoms with Gasteiger partial charge in [0, 0.05) is 24.0 Å². The van der Waals surface area contributed by atoms with Gasteiger partial charge in [0.25, 0.3) is 15.8 Å². The Kier molecular flexibility index (Phi) is 5.98. The van der Waals surface area contributed by atoms with Crippen LogP contribution in [0.5, 0.6) is 5.75 Å². The van der Waals surface area contributed by atoms with Gasteiger partial charge in [-0.25, -0.2) is 9.44 Å². The van der Waals surface area contributed by atoms with E-state index >= 15 is 0 Å². The van der Waals surface area contributed by atoms with Gasteiger partial charge < -0.3 is 9.72 Å². The molecule has 132 valence electrons. The van der Waals surface area contributed by atoms with E-state index in [-0.39, 0.29) is 12.1 Å². The van der Waals surface area contributed by atoms with Crippen molar-refractivity contribution in [2.45, 2.75) is 26.7 Å². The van der Waals surface area contributed by atoms with Gasteiger partial charge in [-0.15, -0.1) is 0 Å². The summed E-state index contributed by atoms with van der Waals surface area (Å²) in [6.45, 7) is 4.36. The minimum absolute atomic E-state index is 0.149. The Balaban J connectivity index is 2.20. The molecule has 0 saturated heterocycles. The molecule has 3 N–H and O–H groups in total. The van der Waals surface area contributed by atoms with Crippen LogP contribution in [0.3, 0.4) is 0 Å². The molecule has 7 nitrogen and oxygen atoms in total. The predicted molar refractivity (Wildman–Crippen MR) is 94.8 cm³/mol. The smallest absolute Gasteiger partial charge is 0.276 e. The van der Waals surface area contributed by atoms with Crippen LogP contribution in [0.25, 0.3) is 10.9 Å². The van der Waals surface area contributed by atoms with Crippen molar-refractivity contribution in [3.8, 4) is 5.75 Å². The molecule has 1 heterocycles. The summed E-state index contributed by atoms with van der Waals surface area (Å²) in [6, 6.07) is 5.52. The first-order chi connectivity index (χ1) is 11.4. The maximum absolute atomic E-state index is 12.2. The number of nitrogens with one attached hydrogen (secondary N) is 3. The van der Waals surface area contributed by atoms with Gasteiger partial charge in [0.05, 0.1) is 12.6 Å². The van der Waals surface area contributed by atoms with E-state index in [2.05, 4.69) is 14.4 Å². The number of hydrogen-bond acceptors (Lipinski definition) is 4. The normalized spacial score (nSPS) is 11.8. The first-order valence-corrected chi connectivity index (χ1v) is 9.30. The number of fused-ring (bicyclic) bond motifs is 1. The fraction of sp³-hybridized carbons (Fsp3) is 0.438. The van der Waals surface area contributed by atoms with E-state index in [0.29, 0.717) is 36.2 Å². The zero-order valence-corrected chi connectivity index (χ0v) is 14.9. The maximum Gasteiger partial charge on any atom is 0.276 e. The summed E-state index contributed by atoms with van der Waals surface area (Å²) in [4.78, 5) is 15.1. The minimum atomic E-state index is -3.52. The van der Waals surface area contributed by atoms with Crippen molar-refractivity contribution in [1.82, 2.24) is 14.4 Å². The summed E-state index contributed by atoms with van der Waals surface area (Å²) in [6.07, 6.45) is 1.02. The molecule has 0 aliphatic heterocycles. The van der Waals surface area contributed by atoms with Gasteiger partial charge in [0.1, 0.15) is 5.75 Å². The van der Waals surface area contributed by atoms with Gasteiger partial charge in [-0.2, -0.15) is 8.42 Å². The summed E-state index contributed by atoms with van der Waals surface area (Å²) < 4.78 is 33.5. The van der Waals surface area contributed by atoms with E-state index in [0.717, 1.165) is 10.9 Å². The number of pyridine rings is 1. The topological polar surface area (TPSA) is 100 Å². The summed E-state index contributed by atoms with van der Waals surface area (Å²) in [7, 11) is -1.97. The zero-order valence-electron chi connectivity index (χ0n) is 14.1. The Bertz CT molecular complexity index is 875. The molecule has 1 aromatic carbocycles. The lowest BCUT2D eigenvalue weighted by molar-refractivity contribution is 0.418. The Hall–Kier alpha value is -1.90. The van der Waals surface area contributed by atoms with E-state index in [1.165, 1.54) is 0 Å².